The Morgan fingerprint density at radius 1 is 1.12 bits per heavy atom. The number of aliphatic hydroxyl groups is 1. The van der Waals surface area contributed by atoms with Crippen LogP contribution in [0, 0.1) is 0 Å². The van der Waals surface area contributed by atoms with Crippen molar-refractivity contribution < 1.29 is 10.2 Å². The number of benzene rings is 2. The van der Waals surface area contributed by atoms with Gasteiger partial charge in [-0.25, -0.2) is 0 Å². The Morgan fingerprint density at radius 3 is 2.67 bits per heavy atom. The normalized spacial score (nSPS) is 19.5. The van der Waals surface area contributed by atoms with E-state index in [1.165, 1.54) is 18.5 Å². The van der Waals surface area contributed by atoms with Crippen LogP contribution in [0.25, 0.3) is 0 Å². The van der Waals surface area contributed by atoms with Crippen molar-refractivity contribution in [2.24, 2.45) is 0 Å². The van der Waals surface area contributed by atoms with Gasteiger partial charge in [-0.15, -0.1) is 0 Å². The van der Waals surface area contributed by atoms with Crippen LogP contribution in [0.2, 0.25) is 0 Å². The number of halogens is 1. The highest BCUT2D eigenvalue weighted by molar-refractivity contribution is 9.10. The number of rotatable bonds is 6. The number of hydrogen-bond donors (Lipinski definition) is 2. The molecule has 1 unspecified atom stereocenters. The molecule has 0 amide bonds. The van der Waals surface area contributed by atoms with Crippen molar-refractivity contribution >= 4 is 21.6 Å². The van der Waals surface area contributed by atoms with E-state index in [4.69, 9.17) is 0 Å². The molecule has 0 bridgehead atoms. The third-order valence-corrected chi connectivity index (χ3v) is 5.49. The number of aliphatic hydroxyl groups excluding tert-OH is 1. The zero-order valence-electron chi connectivity index (χ0n) is 14.0. The SMILES string of the molecule is CCCCCN1CC(CO)(c2cc(Br)ccc2O)c2ccccc21. The quantitative estimate of drug-likeness (QED) is 0.717. The number of para-hydroxylation sites is 1. The maximum Gasteiger partial charge on any atom is 0.119 e. The maximum absolute atomic E-state index is 10.5. The lowest BCUT2D eigenvalue weighted by molar-refractivity contribution is 0.225. The predicted octanol–water partition coefficient (Wildman–Crippen LogP) is 4.44. The molecule has 2 aromatic rings. The van der Waals surface area contributed by atoms with Gasteiger partial charge in [0.25, 0.3) is 0 Å². The summed E-state index contributed by atoms with van der Waals surface area (Å²) in [7, 11) is 0. The minimum Gasteiger partial charge on any atom is -0.508 e. The van der Waals surface area contributed by atoms with Crippen molar-refractivity contribution in [3.05, 3.63) is 58.1 Å². The Morgan fingerprint density at radius 2 is 1.92 bits per heavy atom. The first-order valence-corrected chi connectivity index (χ1v) is 9.36. The molecule has 0 spiro atoms. The van der Waals surface area contributed by atoms with E-state index in [0.717, 1.165) is 28.6 Å². The van der Waals surface area contributed by atoms with Gasteiger partial charge in [-0.2, -0.15) is 0 Å². The second-order valence-electron chi connectivity index (χ2n) is 6.55. The summed E-state index contributed by atoms with van der Waals surface area (Å²) in [5, 5.41) is 20.8. The highest BCUT2D eigenvalue weighted by Gasteiger charge is 2.45. The van der Waals surface area contributed by atoms with E-state index in [2.05, 4.69) is 39.9 Å². The molecule has 0 radical (unpaired) electrons. The molecule has 0 saturated heterocycles. The highest BCUT2D eigenvalue weighted by atomic mass is 79.9. The fourth-order valence-electron chi connectivity index (χ4n) is 3.74. The van der Waals surface area contributed by atoms with Crippen LogP contribution in [-0.2, 0) is 5.41 Å². The predicted molar refractivity (Wildman–Crippen MR) is 102 cm³/mol. The summed E-state index contributed by atoms with van der Waals surface area (Å²) in [6.07, 6.45) is 3.52. The van der Waals surface area contributed by atoms with Crippen LogP contribution in [0.4, 0.5) is 5.69 Å². The van der Waals surface area contributed by atoms with Crippen LogP contribution in [-0.4, -0.2) is 29.9 Å². The topological polar surface area (TPSA) is 43.7 Å². The average Bonchev–Trinajstić information content (AvgIpc) is 2.92. The molecular formula is C20H24BrNO2. The number of anilines is 1. The smallest absolute Gasteiger partial charge is 0.119 e. The molecule has 0 aliphatic carbocycles. The molecule has 3 nitrogen and oxygen atoms in total. The number of fused-ring (bicyclic) bond motifs is 1. The molecular weight excluding hydrogens is 366 g/mol. The minimum atomic E-state index is -0.587. The van der Waals surface area contributed by atoms with Gasteiger partial charge in [0.05, 0.1) is 12.0 Å². The fourth-order valence-corrected chi connectivity index (χ4v) is 4.11. The number of unbranched alkanes of at least 4 members (excludes halogenated alkanes) is 2. The zero-order valence-corrected chi connectivity index (χ0v) is 15.6. The van der Waals surface area contributed by atoms with E-state index < -0.39 is 5.41 Å². The van der Waals surface area contributed by atoms with Crippen LogP contribution >= 0.6 is 15.9 Å². The molecule has 1 aliphatic heterocycles. The second-order valence-corrected chi connectivity index (χ2v) is 7.46. The maximum atomic E-state index is 10.5. The van der Waals surface area contributed by atoms with Crippen LogP contribution in [0.3, 0.4) is 0 Å². The van der Waals surface area contributed by atoms with E-state index in [1.54, 1.807) is 6.07 Å². The highest BCUT2D eigenvalue weighted by Crippen LogP contribution is 2.47. The molecule has 0 fully saturated rings. The molecule has 2 aromatic carbocycles. The van der Waals surface area contributed by atoms with Gasteiger partial charge < -0.3 is 15.1 Å². The van der Waals surface area contributed by atoms with Gasteiger partial charge in [0.1, 0.15) is 5.75 Å². The summed E-state index contributed by atoms with van der Waals surface area (Å²) in [6, 6.07) is 13.7. The Labute approximate surface area is 152 Å². The Balaban J connectivity index is 2.06. The molecule has 0 saturated carbocycles. The van der Waals surface area contributed by atoms with Crippen LogP contribution in [0.15, 0.2) is 46.9 Å². The first-order chi connectivity index (χ1) is 11.6. The lowest BCUT2D eigenvalue weighted by Crippen LogP contribution is -2.38. The van der Waals surface area contributed by atoms with Crippen LogP contribution in [0.1, 0.15) is 37.3 Å². The van der Waals surface area contributed by atoms with Crippen molar-refractivity contribution in [2.45, 2.75) is 31.6 Å². The van der Waals surface area contributed by atoms with Gasteiger partial charge in [0, 0.05) is 28.8 Å². The Bertz CT molecular complexity index is 719. The summed E-state index contributed by atoms with van der Waals surface area (Å²) < 4.78 is 0.907. The molecule has 1 heterocycles. The van der Waals surface area contributed by atoms with E-state index in [0.29, 0.717) is 6.54 Å². The van der Waals surface area contributed by atoms with E-state index in [9.17, 15) is 10.2 Å². The number of phenolic OH excluding ortho intramolecular Hbond substituents is 1. The van der Waals surface area contributed by atoms with Gasteiger partial charge in [0.15, 0.2) is 0 Å². The monoisotopic (exact) mass is 389 g/mol. The van der Waals surface area contributed by atoms with Crippen LogP contribution < -0.4 is 4.90 Å². The van der Waals surface area contributed by atoms with Gasteiger partial charge in [-0.05, 0) is 36.2 Å². The van der Waals surface area contributed by atoms with Crippen molar-refractivity contribution in [3.8, 4) is 5.75 Å². The zero-order chi connectivity index (χ0) is 17.2. The summed E-state index contributed by atoms with van der Waals surface area (Å²) in [5.74, 6) is 0.234. The minimum absolute atomic E-state index is 0.0295. The van der Waals surface area contributed by atoms with Crippen molar-refractivity contribution in [1.82, 2.24) is 0 Å². The summed E-state index contributed by atoms with van der Waals surface area (Å²) in [4.78, 5) is 2.35. The largest absolute Gasteiger partial charge is 0.508 e. The van der Waals surface area contributed by atoms with Gasteiger partial charge in [-0.3, -0.25) is 0 Å². The van der Waals surface area contributed by atoms with Gasteiger partial charge in [-0.1, -0.05) is 53.9 Å². The van der Waals surface area contributed by atoms with Gasteiger partial charge in [0.2, 0.25) is 0 Å². The number of hydrogen-bond acceptors (Lipinski definition) is 3. The number of phenols is 1. The third kappa shape index (κ3) is 2.93. The molecule has 24 heavy (non-hydrogen) atoms. The van der Waals surface area contributed by atoms with E-state index in [1.807, 2.05) is 24.3 Å². The Hall–Kier alpha value is -1.52. The summed E-state index contributed by atoms with van der Waals surface area (Å²) in [6.45, 7) is 3.84. The van der Waals surface area contributed by atoms with Crippen LogP contribution in [0.5, 0.6) is 5.75 Å². The van der Waals surface area contributed by atoms with Crippen molar-refractivity contribution in [3.63, 3.8) is 0 Å². The Kier molecular flexibility index (Phi) is 5.16. The number of aromatic hydroxyl groups is 1. The molecule has 1 aliphatic rings. The molecule has 4 heteroatoms. The number of nitrogens with zero attached hydrogens (tertiary/aromatic N) is 1. The third-order valence-electron chi connectivity index (χ3n) is 5.00. The average molecular weight is 390 g/mol. The molecule has 128 valence electrons. The van der Waals surface area contributed by atoms with Crippen molar-refractivity contribution in [2.75, 3.05) is 24.6 Å². The standard InChI is InChI=1S/C20H24BrNO2/c1-2-3-6-11-22-13-20(14-23,16-7-4-5-8-18(16)22)17-12-15(21)9-10-19(17)24/h4-5,7-10,12,23-24H,2-3,6,11,13-14H2,1H3. The lowest BCUT2D eigenvalue weighted by atomic mass is 9.76. The molecule has 0 aromatic heterocycles. The first-order valence-electron chi connectivity index (χ1n) is 8.56. The molecule has 1 atom stereocenters. The van der Waals surface area contributed by atoms with Crippen molar-refractivity contribution in [1.29, 1.82) is 0 Å². The molecule has 2 N–H and O–H groups in total. The first kappa shape index (κ1) is 17.3. The van der Waals surface area contributed by atoms with E-state index in [-0.39, 0.29) is 12.4 Å². The summed E-state index contributed by atoms with van der Waals surface area (Å²) >= 11 is 3.50. The second kappa shape index (κ2) is 7.16. The van der Waals surface area contributed by atoms with Gasteiger partial charge >= 0.3 is 0 Å². The molecule has 3 rings (SSSR count). The summed E-state index contributed by atoms with van der Waals surface area (Å²) in [5.41, 5.74) is 2.46. The lowest BCUT2D eigenvalue weighted by Gasteiger charge is -2.30. The fraction of sp³-hybridized carbons (Fsp3) is 0.400. The van der Waals surface area contributed by atoms with E-state index >= 15 is 0 Å².